The number of hydrogen-bond acceptors (Lipinski definition) is 4. The quantitative estimate of drug-likeness (QED) is 0.761. The van der Waals surface area contributed by atoms with Crippen LogP contribution in [0.1, 0.15) is 6.42 Å². The van der Waals surface area contributed by atoms with E-state index in [1.807, 2.05) is 30.3 Å². The predicted octanol–water partition coefficient (Wildman–Crippen LogP) is 1.08. The molecule has 0 spiro atoms. The SMILES string of the molecule is NCCCNC(=O)COc1cnc2ccccc2c1. The van der Waals surface area contributed by atoms with E-state index in [1.54, 1.807) is 6.20 Å². The Morgan fingerprint density at radius 3 is 3.05 bits per heavy atom. The van der Waals surface area contributed by atoms with Gasteiger partial charge in [0.15, 0.2) is 6.61 Å². The number of carbonyl (C=O) groups excluding carboxylic acids is 1. The fourth-order valence-corrected chi connectivity index (χ4v) is 1.66. The van der Waals surface area contributed by atoms with Crippen LogP contribution in [-0.2, 0) is 4.79 Å². The zero-order valence-corrected chi connectivity index (χ0v) is 10.6. The molecule has 0 aliphatic rings. The number of hydrogen-bond donors (Lipinski definition) is 2. The summed E-state index contributed by atoms with van der Waals surface area (Å²) in [5.41, 5.74) is 6.25. The highest BCUT2D eigenvalue weighted by molar-refractivity contribution is 5.80. The second-order valence-corrected chi connectivity index (χ2v) is 4.14. The van der Waals surface area contributed by atoms with Gasteiger partial charge in [-0.25, -0.2) is 0 Å². The van der Waals surface area contributed by atoms with Crippen LogP contribution in [0.3, 0.4) is 0 Å². The normalized spacial score (nSPS) is 10.4. The lowest BCUT2D eigenvalue weighted by molar-refractivity contribution is -0.123. The van der Waals surface area contributed by atoms with Crippen molar-refractivity contribution >= 4 is 16.8 Å². The monoisotopic (exact) mass is 259 g/mol. The average molecular weight is 259 g/mol. The molecule has 1 amide bonds. The van der Waals surface area contributed by atoms with Crippen molar-refractivity contribution in [3.05, 3.63) is 36.5 Å². The highest BCUT2D eigenvalue weighted by Gasteiger charge is 2.03. The van der Waals surface area contributed by atoms with Crippen LogP contribution in [-0.4, -0.2) is 30.6 Å². The molecule has 0 bridgehead atoms. The van der Waals surface area contributed by atoms with Gasteiger partial charge in [0.25, 0.3) is 5.91 Å². The van der Waals surface area contributed by atoms with E-state index >= 15 is 0 Å². The van der Waals surface area contributed by atoms with Crippen molar-refractivity contribution in [3.8, 4) is 5.75 Å². The Bertz CT molecular complexity index is 557. The minimum absolute atomic E-state index is 0.00933. The van der Waals surface area contributed by atoms with Gasteiger partial charge >= 0.3 is 0 Å². The van der Waals surface area contributed by atoms with Crippen LogP contribution in [0.15, 0.2) is 36.5 Å². The molecule has 0 fully saturated rings. The molecular weight excluding hydrogens is 242 g/mol. The van der Waals surface area contributed by atoms with Gasteiger partial charge in [-0.15, -0.1) is 0 Å². The minimum atomic E-state index is -0.151. The number of benzene rings is 1. The first-order valence-electron chi connectivity index (χ1n) is 6.24. The number of ether oxygens (including phenoxy) is 1. The molecule has 0 saturated carbocycles. The van der Waals surface area contributed by atoms with Gasteiger partial charge in [-0.1, -0.05) is 18.2 Å². The second kappa shape index (κ2) is 6.70. The molecule has 5 heteroatoms. The van der Waals surface area contributed by atoms with E-state index in [-0.39, 0.29) is 12.5 Å². The number of nitrogens with two attached hydrogens (primary N) is 1. The maximum atomic E-state index is 11.5. The molecular formula is C14H17N3O2. The van der Waals surface area contributed by atoms with Crippen molar-refractivity contribution in [2.75, 3.05) is 19.7 Å². The third kappa shape index (κ3) is 3.93. The Labute approximate surface area is 111 Å². The smallest absolute Gasteiger partial charge is 0.257 e. The first kappa shape index (κ1) is 13.3. The summed E-state index contributed by atoms with van der Waals surface area (Å²) in [5.74, 6) is 0.439. The summed E-state index contributed by atoms with van der Waals surface area (Å²) in [6.45, 7) is 1.13. The molecule has 2 aromatic rings. The molecule has 1 aromatic heterocycles. The Morgan fingerprint density at radius 2 is 2.21 bits per heavy atom. The third-order valence-corrected chi connectivity index (χ3v) is 2.64. The van der Waals surface area contributed by atoms with E-state index in [4.69, 9.17) is 10.5 Å². The molecule has 3 N–H and O–H groups in total. The molecule has 1 heterocycles. The molecule has 1 aromatic carbocycles. The maximum Gasteiger partial charge on any atom is 0.257 e. The predicted molar refractivity (Wildman–Crippen MR) is 73.9 cm³/mol. The topological polar surface area (TPSA) is 77.2 Å². The minimum Gasteiger partial charge on any atom is -0.482 e. The number of pyridine rings is 1. The zero-order valence-electron chi connectivity index (χ0n) is 10.6. The van der Waals surface area contributed by atoms with Crippen molar-refractivity contribution in [1.82, 2.24) is 10.3 Å². The molecule has 0 unspecified atom stereocenters. The molecule has 100 valence electrons. The van der Waals surface area contributed by atoms with E-state index < -0.39 is 0 Å². The van der Waals surface area contributed by atoms with Crippen molar-refractivity contribution in [3.63, 3.8) is 0 Å². The zero-order chi connectivity index (χ0) is 13.5. The van der Waals surface area contributed by atoms with Crippen molar-refractivity contribution < 1.29 is 9.53 Å². The van der Waals surface area contributed by atoms with Crippen LogP contribution < -0.4 is 15.8 Å². The molecule has 0 radical (unpaired) electrons. The molecule has 0 aliphatic heterocycles. The number of nitrogens with zero attached hydrogens (tertiary/aromatic N) is 1. The van der Waals surface area contributed by atoms with Crippen LogP contribution in [0.2, 0.25) is 0 Å². The van der Waals surface area contributed by atoms with Crippen LogP contribution in [0.25, 0.3) is 10.9 Å². The van der Waals surface area contributed by atoms with E-state index in [0.29, 0.717) is 18.8 Å². The summed E-state index contributed by atoms with van der Waals surface area (Å²) < 4.78 is 5.40. The number of fused-ring (bicyclic) bond motifs is 1. The number of rotatable bonds is 6. The van der Waals surface area contributed by atoms with Gasteiger partial charge in [-0.05, 0) is 25.1 Å². The van der Waals surface area contributed by atoms with Crippen LogP contribution in [0.4, 0.5) is 0 Å². The van der Waals surface area contributed by atoms with E-state index in [2.05, 4.69) is 10.3 Å². The summed E-state index contributed by atoms with van der Waals surface area (Å²) in [6.07, 6.45) is 2.39. The van der Waals surface area contributed by atoms with Crippen molar-refractivity contribution in [2.24, 2.45) is 5.73 Å². The number of nitrogens with one attached hydrogen (secondary N) is 1. The first-order valence-corrected chi connectivity index (χ1v) is 6.24. The highest BCUT2D eigenvalue weighted by atomic mass is 16.5. The molecule has 0 atom stereocenters. The largest absolute Gasteiger partial charge is 0.482 e. The van der Waals surface area contributed by atoms with Gasteiger partial charge in [0.2, 0.25) is 0 Å². The molecule has 2 rings (SSSR count). The fraction of sp³-hybridized carbons (Fsp3) is 0.286. The van der Waals surface area contributed by atoms with Crippen LogP contribution in [0.5, 0.6) is 5.75 Å². The van der Waals surface area contributed by atoms with E-state index in [9.17, 15) is 4.79 Å². The molecule has 0 saturated heterocycles. The van der Waals surface area contributed by atoms with Crippen LogP contribution >= 0.6 is 0 Å². The average Bonchev–Trinajstić information content (AvgIpc) is 2.45. The highest BCUT2D eigenvalue weighted by Crippen LogP contribution is 2.17. The number of para-hydroxylation sites is 1. The summed E-state index contributed by atoms with van der Waals surface area (Å²) in [4.78, 5) is 15.7. The number of amides is 1. The maximum absolute atomic E-state index is 11.5. The molecule has 5 nitrogen and oxygen atoms in total. The Morgan fingerprint density at radius 1 is 1.37 bits per heavy atom. The van der Waals surface area contributed by atoms with E-state index in [0.717, 1.165) is 17.3 Å². The standard InChI is InChI=1S/C14H17N3O2/c15-6-3-7-16-14(18)10-19-12-8-11-4-1-2-5-13(11)17-9-12/h1-2,4-5,8-9H,3,6-7,10,15H2,(H,16,18). The van der Waals surface area contributed by atoms with Gasteiger partial charge in [0, 0.05) is 11.9 Å². The fourth-order valence-electron chi connectivity index (χ4n) is 1.66. The van der Waals surface area contributed by atoms with E-state index in [1.165, 1.54) is 0 Å². The Kier molecular flexibility index (Phi) is 4.69. The van der Waals surface area contributed by atoms with Gasteiger partial charge in [-0.2, -0.15) is 0 Å². The Balaban J connectivity index is 1.89. The summed E-state index contributed by atoms with van der Waals surface area (Å²) in [5, 5.41) is 3.72. The van der Waals surface area contributed by atoms with Crippen molar-refractivity contribution in [2.45, 2.75) is 6.42 Å². The number of carbonyl (C=O) groups is 1. The van der Waals surface area contributed by atoms with Gasteiger partial charge in [0.05, 0.1) is 11.7 Å². The van der Waals surface area contributed by atoms with Gasteiger partial charge in [-0.3, -0.25) is 9.78 Å². The third-order valence-electron chi connectivity index (χ3n) is 2.64. The van der Waals surface area contributed by atoms with Crippen molar-refractivity contribution in [1.29, 1.82) is 0 Å². The lowest BCUT2D eigenvalue weighted by Crippen LogP contribution is -2.30. The summed E-state index contributed by atoms with van der Waals surface area (Å²) in [6, 6.07) is 9.62. The van der Waals surface area contributed by atoms with Gasteiger partial charge < -0.3 is 15.8 Å². The second-order valence-electron chi connectivity index (χ2n) is 4.14. The van der Waals surface area contributed by atoms with Gasteiger partial charge in [0.1, 0.15) is 5.75 Å². The lowest BCUT2D eigenvalue weighted by atomic mass is 10.2. The summed E-state index contributed by atoms with van der Waals surface area (Å²) in [7, 11) is 0. The Hall–Kier alpha value is -2.14. The number of aromatic nitrogens is 1. The first-order chi connectivity index (χ1) is 9.29. The summed E-state index contributed by atoms with van der Waals surface area (Å²) >= 11 is 0. The van der Waals surface area contributed by atoms with Crippen LogP contribution in [0, 0.1) is 0 Å². The molecule has 19 heavy (non-hydrogen) atoms. The molecule has 0 aliphatic carbocycles. The lowest BCUT2D eigenvalue weighted by Gasteiger charge is -2.07.